The van der Waals surface area contributed by atoms with E-state index in [0.717, 1.165) is 24.4 Å². The summed E-state index contributed by atoms with van der Waals surface area (Å²) in [6, 6.07) is 8.02. The summed E-state index contributed by atoms with van der Waals surface area (Å²) in [5.74, 6) is 0. The molecule has 1 heterocycles. The van der Waals surface area contributed by atoms with Crippen LogP contribution in [0.4, 0.5) is 0 Å². The topological polar surface area (TPSA) is 12.0 Å². The summed E-state index contributed by atoms with van der Waals surface area (Å²) < 4.78 is 0. The Morgan fingerprint density at radius 2 is 2.31 bits per heavy atom. The number of rotatable bonds is 2. The summed E-state index contributed by atoms with van der Waals surface area (Å²) >= 11 is 5.89. The minimum atomic E-state index is 0.816. The van der Waals surface area contributed by atoms with Gasteiger partial charge < -0.3 is 5.32 Å². The van der Waals surface area contributed by atoms with Gasteiger partial charge in [-0.15, -0.1) is 0 Å². The predicted molar refractivity (Wildman–Crippen MR) is 55.9 cm³/mol. The average Bonchev–Trinajstić information content (AvgIpc) is 2.57. The molecule has 13 heavy (non-hydrogen) atoms. The van der Waals surface area contributed by atoms with E-state index in [1.807, 2.05) is 18.2 Å². The van der Waals surface area contributed by atoms with E-state index < -0.39 is 0 Å². The van der Waals surface area contributed by atoms with Crippen LogP contribution in [0.3, 0.4) is 0 Å². The molecule has 0 unspecified atom stereocenters. The highest BCUT2D eigenvalue weighted by molar-refractivity contribution is 6.30. The molecule has 0 aromatic heterocycles. The van der Waals surface area contributed by atoms with Crippen LogP contribution in [0.15, 0.2) is 36.0 Å². The van der Waals surface area contributed by atoms with Crippen LogP contribution in [0.5, 0.6) is 0 Å². The quantitative estimate of drug-likeness (QED) is 0.762. The smallest absolute Gasteiger partial charge is 0.0408 e. The molecule has 0 bridgehead atoms. The Hall–Kier alpha value is -0.950. The first-order valence-corrected chi connectivity index (χ1v) is 4.90. The maximum Gasteiger partial charge on any atom is 0.0408 e. The second-order valence-corrected chi connectivity index (χ2v) is 3.69. The lowest BCUT2D eigenvalue weighted by atomic mass is 10.1. The van der Waals surface area contributed by atoms with Crippen LogP contribution in [0.1, 0.15) is 12.0 Å². The van der Waals surface area contributed by atoms with Crippen molar-refractivity contribution in [1.82, 2.24) is 5.32 Å². The molecule has 1 nitrogen and oxygen atoms in total. The van der Waals surface area contributed by atoms with Crippen LogP contribution >= 0.6 is 11.6 Å². The molecule has 2 rings (SSSR count). The molecule has 1 aromatic rings. The van der Waals surface area contributed by atoms with Gasteiger partial charge in [-0.1, -0.05) is 29.8 Å². The molecule has 68 valence electrons. The van der Waals surface area contributed by atoms with Crippen molar-refractivity contribution < 1.29 is 0 Å². The standard InChI is InChI=1S/C11H12ClN/c12-10-4-1-3-9(7-10)8-11-5-2-6-13-11/h1,3-5,7,13H,2,6,8H2. The van der Waals surface area contributed by atoms with Crippen LogP contribution in [-0.2, 0) is 6.42 Å². The zero-order valence-corrected chi connectivity index (χ0v) is 8.14. The van der Waals surface area contributed by atoms with Crippen LogP contribution in [0, 0.1) is 0 Å². The molecule has 0 saturated heterocycles. The molecule has 0 fully saturated rings. The zero-order valence-electron chi connectivity index (χ0n) is 7.39. The van der Waals surface area contributed by atoms with E-state index >= 15 is 0 Å². The number of benzene rings is 1. The van der Waals surface area contributed by atoms with E-state index in [2.05, 4.69) is 17.5 Å². The molecule has 1 aromatic carbocycles. The summed E-state index contributed by atoms with van der Waals surface area (Å²) in [6.07, 6.45) is 4.37. The van der Waals surface area contributed by atoms with Gasteiger partial charge in [0.2, 0.25) is 0 Å². The fourth-order valence-corrected chi connectivity index (χ4v) is 1.77. The normalized spacial score (nSPS) is 15.3. The molecule has 1 N–H and O–H groups in total. The van der Waals surface area contributed by atoms with Crippen molar-refractivity contribution >= 4 is 11.6 Å². The summed E-state index contributed by atoms with van der Waals surface area (Å²) in [6.45, 7) is 1.08. The lowest BCUT2D eigenvalue weighted by Gasteiger charge is -2.04. The van der Waals surface area contributed by atoms with Gasteiger partial charge in [-0.25, -0.2) is 0 Å². The Morgan fingerprint density at radius 3 is 3.00 bits per heavy atom. The molecular weight excluding hydrogens is 182 g/mol. The lowest BCUT2D eigenvalue weighted by Crippen LogP contribution is -2.09. The van der Waals surface area contributed by atoms with Gasteiger partial charge in [0.15, 0.2) is 0 Å². The number of hydrogen-bond donors (Lipinski definition) is 1. The Labute approximate surface area is 83.4 Å². The molecule has 1 aliphatic heterocycles. The Kier molecular flexibility index (Phi) is 2.55. The first-order valence-electron chi connectivity index (χ1n) is 4.52. The number of halogens is 1. The lowest BCUT2D eigenvalue weighted by molar-refractivity contribution is 0.847. The third-order valence-electron chi connectivity index (χ3n) is 2.17. The maximum atomic E-state index is 5.89. The van der Waals surface area contributed by atoms with E-state index in [0.29, 0.717) is 0 Å². The first kappa shape index (κ1) is 8.64. The van der Waals surface area contributed by atoms with Crippen molar-refractivity contribution in [3.8, 4) is 0 Å². The monoisotopic (exact) mass is 193 g/mol. The van der Waals surface area contributed by atoms with E-state index in [1.54, 1.807) is 0 Å². The van der Waals surface area contributed by atoms with Crippen molar-refractivity contribution in [3.05, 3.63) is 46.6 Å². The van der Waals surface area contributed by atoms with Gasteiger partial charge in [0.25, 0.3) is 0 Å². The summed E-state index contributed by atoms with van der Waals surface area (Å²) in [4.78, 5) is 0. The SMILES string of the molecule is Clc1cccc(CC2=CCCN2)c1. The van der Waals surface area contributed by atoms with E-state index in [4.69, 9.17) is 11.6 Å². The van der Waals surface area contributed by atoms with Crippen LogP contribution in [-0.4, -0.2) is 6.54 Å². The summed E-state index contributed by atoms with van der Waals surface area (Å²) in [7, 11) is 0. The maximum absolute atomic E-state index is 5.89. The molecule has 1 aliphatic rings. The summed E-state index contributed by atoms with van der Waals surface area (Å²) in [5.41, 5.74) is 2.59. The van der Waals surface area contributed by atoms with Crippen molar-refractivity contribution in [1.29, 1.82) is 0 Å². The molecule has 0 saturated carbocycles. The average molecular weight is 194 g/mol. The minimum absolute atomic E-state index is 0.816. The Bertz CT molecular complexity index is 331. The van der Waals surface area contributed by atoms with E-state index in [9.17, 15) is 0 Å². The number of nitrogens with one attached hydrogen (secondary N) is 1. The summed E-state index contributed by atoms with van der Waals surface area (Å²) in [5, 5.41) is 4.16. The van der Waals surface area contributed by atoms with Crippen molar-refractivity contribution in [3.63, 3.8) is 0 Å². The third-order valence-corrected chi connectivity index (χ3v) is 2.41. The highest BCUT2D eigenvalue weighted by Crippen LogP contribution is 2.14. The number of allylic oxidation sites excluding steroid dienone is 1. The van der Waals surface area contributed by atoms with Crippen LogP contribution in [0.2, 0.25) is 5.02 Å². The second-order valence-electron chi connectivity index (χ2n) is 3.25. The van der Waals surface area contributed by atoms with E-state index in [-0.39, 0.29) is 0 Å². The third kappa shape index (κ3) is 2.25. The Balaban J connectivity index is 2.09. The zero-order chi connectivity index (χ0) is 9.10. The molecule has 2 heteroatoms. The van der Waals surface area contributed by atoms with Gasteiger partial charge in [0.05, 0.1) is 0 Å². The molecule has 0 aliphatic carbocycles. The minimum Gasteiger partial charge on any atom is -0.388 e. The van der Waals surface area contributed by atoms with E-state index in [1.165, 1.54) is 11.3 Å². The van der Waals surface area contributed by atoms with Crippen molar-refractivity contribution in [2.24, 2.45) is 0 Å². The van der Waals surface area contributed by atoms with Gasteiger partial charge >= 0.3 is 0 Å². The molecule has 0 radical (unpaired) electrons. The van der Waals surface area contributed by atoms with Crippen LogP contribution in [0.25, 0.3) is 0 Å². The predicted octanol–water partition coefficient (Wildman–Crippen LogP) is 2.76. The van der Waals surface area contributed by atoms with Gasteiger partial charge in [0, 0.05) is 23.7 Å². The molecule has 0 atom stereocenters. The van der Waals surface area contributed by atoms with Crippen molar-refractivity contribution in [2.45, 2.75) is 12.8 Å². The van der Waals surface area contributed by atoms with Gasteiger partial charge in [0.1, 0.15) is 0 Å². The number of hydrogen-bond acceptors (Lipinski definition) is 1. The Morgan fingerprint density at radius 1 is 1.38 bits per heavy atom. The highest BCUT2D eigenvalue weighted by Gasteiger charge is 2.03. The fraction of sp³-hybridized carbons (Fsp3) is 0.273. The van der Waals surface area contributed by atoms with Crippen molar-refractivity contribution in [2.75, 3.05) is 6.54 Å². The van der Waals surface area contributed by atoms with Gasteiger partial charge in [-0.3, -0.25) is 0 Å². The fourth-order valence-electron chi connectivity index (χ4n) is 1.55. The van der Waals surface area contributed by atoms with Gasteiger partial charge in [-0.05, 0) is 24.1 Å². The second kappa shape index (κ2) is 3.84. The molecular formula is C11H12ClN. The largest absolute Gasteiger partial charge is 0.388 e. The molecule has 0 amide bonds. The molecule has 0 spiro atoms. The highest BCUT2D eigenvalue weighted by atomic mass is 35.5. The van der Waals surface area contributed by atoms with Gasteiger partial charge in [-0.2, -0.15) is 0 Å². The first-order chi connectivity index (χ1) is 6.34. The van der Waals surface area contributed by atoms with Crippen LogP contribution < -0.4 is 5.32 Å².